The topological polar surface area (TPSA) is 42.4 Å². The van der Waals surface area contributed by atoms with Crippen LogP contribution in [0.25, 0.3) is 10.6 Å². The molecular formula is C22H20F2N2O2S. The van der Waals surface area contributed by atoms with Gasteiger partial charge in [-0.2, -0.15) is 0 Å². The van der Waals surface area contributed by atoms with Crippen LogP contribution in [0, 0.1) is 18.6 Å². The lowest BCUT2D eigenvalue weighted by atomic mass is 10.1. The van der Waals surface area contributed by atoms with Gasteiger partial charge in [-0.25, -0.2) is 8.78 Å². The molecule has 29 heavy (non-hydrogen) atoms. The van der Waals surface area contributed by atoms with E-state index in [2.05, 4.69) is 4.98 Å². The third-order valence-corrected chi connectivity index (χ3v) is 5.90. The monoisotopic (exact) mass is 414 g/mol. The number of benzene rings is 1. The molecule has 3 heterocycles. The van der Waals surface area contributed by atoms with Crippen LogP contribution >= 0.6 is 11.3 Å². The van der Waals surface area contributed by atoms with Crippen LogP contribution in [-0.4, -0.2) is 35.0 Å². The first-order valence-corrected chi connectivity index (χ1v) is 10.3. The van der Waals surface area contributed by atoms with E-state index in [1.54, 1.807) is 16.2 Å². The molecule has 4 rings (SSSR count). The number of piperidine rings is 1. The highest BCUT2D eigenvalue weighted by Gasteiger charge is 2.26. The number of likely N-dealkylation sites (tertiary alicyclic amines) is 1. The lowest BCUT2D eigenvalue weighted by molar-refractivity contribution is 0.0587. The Labute approximate surface area is 171 Å². The highest BCUT2D eigenvalue weighted by atomic mass is 32.1. The predicted octanol–water partition coefficient (Wildman–Crippen LogP) is 5.08. The molecule has 0 saturated carbocycles. The summed E-state index contributed by atoms with van der Waals surface area (Å²) >= 11 is 1.61. The SMILES string of the molecule is Cc1nc(-c2cccs2)ccc1C(=O)N1CCC(Oc2ccc(F)cc2F)CC1. The van der Waals surface area contributed by atoms with Gasteiger partial charge in [0.2, 0.25) is 0 Å². The molecule has 0 N–H and O–H groups in total. The minimum absolute atomic E-state index is 0.0420. The molecule has 0 unspecified atom stereocenters. The highest BCUT2D eigenvalue weighted by Crippen LogP contribution is 2.26. The van der Waals surface area contributed by atoms with E-state index >= 15 is 0 Å². The molecule has 3 aromatic rings. The number of aryl methyl sites for hydroxylation is 1. The Bertz CT molecular complexity index is 1020. The highest BCUT2D eigenvalue weighted by molar-refractivity contribution is 7.13. The van der Waals surface area contributed by atoms with Crippen molar-refractivity contribution < 1.29 is 18.3 Å². The van der Waals surface area contributed by atoms with Gasteiger partial charge in [0, 0.05) is 32.0 Å². The van der Waals surface area contributed by atoms with Gasteiger partial charge in [-0.1, -0.05) is 6.07 Å². The molecule has 0 bridgehead atoms. The summed E-state index contributed by atoms with van der Waals surface area (Å²) in [5, 5.41) is 2.00. The van der Waals surface area contributed by atoms with Crippen LogP contribution in [0.1, 0.15) is 28.9 Å². The van der Waals surface area contributed by atoms with Gasteiger partial charge in [-0.05, 0) is 42.6 Å². The summed E-state index contributed by atoms with van der Waals surface area (Å²) in [6, 6.07) is 11.0. The zero-order chi connectivity index (χ0) is 20.4. The second-order valence-electron chi connectivity index (χ2n) is 6.99. The molecule has 7 heteroatoms. The summed E-state index contributed by atoms with van der Waals surface area (Å²) in [6.07, 6.45) is 0.962. The molecule has 0 spiro atoms. The van der Waals surface area contributed by atoms with Crippen LogP contribution < -0.4 is 4.74 Å². The number of carbonyl (C=O) groups excluding carboxylic acids is 1. The number of amides is 1. The maximum Gasteiger partial charge on any atom is 0.255 e. The molecule has 1 aliphatic rings. The Hall–Kier alpha value is -2.80. The molecule has 150 valence electrons. The van der Waals surface area contributed by atoms with Crippen LogP contribution in [0.15, 0.2) is 47.8 Å². The number of rotatable bonds is 4. The number of halogens is 2. The number of nitrogens with zero attached hydrogens (tertiary/aromatic N) is 2. The van der Waals surface area contributed by atoms with E-state index in [4.69, 9.17) is 4.74 Å². The molecule has 1 saturated heterocycles. The fourth-order valence-corrected chi connectivity index (χ4v) is 4.14. The Morgan fingerprint density at radius 1 is 1.17 bits per heavy atom. The third-order valence-electron chi connectivity index (χ3n) is 5.01. The van der Waals surface area contributed by atoms with Crippen LogP contribution in [0.4, 0.5) is 8.78 Å². The quantitative estimate of drug-likeness (QED) is 0.598. The zero-order valence-electron chi connectivity index (χ0n) is 15.9. The molecule has 0 atom stereocenters. The fourth-order valence-electron chi connectivity index (χ4n) is 3.45. The standard InChI is InChI=1S/C22H20F2N2O2S/c1-14-17(5-6-19(25-14)21-3-2-12-29-21)22(27)26-10-8-16(9-11-26)28-20-7-4-15(23)13-18(20)24/h2-7,12-13,16H,8-11H2,1H3. The van der Waals surface area contributed by atoms with Crippen molar-refractivity contribution in [2.24, 2.45) is 0 Å². The summed E-state index contributed by atoms with van der Waals surface area (Å²) in [5.74, 6) is -1.36. The average molecular weight is 414 g/mol. The van der Waals surface area contributed by atoms with Gasteiger partial charge >= 0.3 is 0 Å². The molecule has 0 aliphatic carbocycles. The Balaban J connectivity index is 1.39. The summed E-state index contributed by atoms with van der Waals surface area (Å²) in [4.78, 5) is 20.3. The van der Waals surface area contributed by atoms with E-state index in [0.717, 1.165) is 16.6 Å². The number of pyridine rings is 1. The predicted molar refractivity (Wildman–Crippen MR) is 108 cm³/mol. The Kier molecular flexibility index (Phi) is 5.58. The van der Waals surface area contributed by atoms with Crippen molar-refractivity contribution in [3.63, 3.8) is 0 Å². The molecular weight excluding hydrogens is 394 g/mol. The zero-order valence-corrected chi connectivity index (χ0v) is 16.7. The van der Waals surface area contributed by atoms with Crippen LogP contribution in [0.3, 0.4) is 0 Å². The third kappa shape index (κ3) is 4.29. The van der Waals surface area contributed by atoms with E-state index < -0.39 is 11.6 Å². The summed E-state index contributed by atoms with van der Waals surface area (Å²) in [6.45, 7) is 2.87. The van der Waals surface area contributed by atoms with Crippen molar-refractivity contribution >= 4 is 17.2 Å². The number of carbonyl (C=O) groups is 1. The van der Waals surface area contributed by atoms with E-state index in [1.165, 1.54) is 12.1 Å². The molecule has 4 nitrogen and oxygen atoms in total. The van der Waals surface area contributed by atoms with Crippen molar-refractivity contribution in [2.45, 2.75) is 25.9 Å². The number of hydrogen-bond donors (Lipinski definition) is 0. The number of aromatic nitrogens is 1. The lowest BCUT2D eigenvalue weighted by Crippen LogP contribution is -2.42. The largest absolute Gasteiger partial charge is 0.487 e. The lowest BCUT2D eigenvalue weighted by Gasteiger charge is -2.32. The van der Waals surface area contributed by atoms with Crippen molar-refractivity contribution in [1.29, 1.82) is 0 Å². The van der Waals surface area contributed by atoms with Gasteiger partial charge in [-0.15, -0.1) is 11.3 Å². The Morgan fingerprint density at radius 3 is 2.62 bits per heavy atom. The summed E-state index contributed by atoms with van der Waals surface area (Å²) in [7, 11) is 0. The van der Waals surface area contributed by atoms with Gasteiger partial charge in [0.25, 0.3) is 5.91 Å². The fraction of sp³-hybridized carbons (Fsp3) is 0.273. The van der Waals surface area contributed by atoms with Gasteiger partial charge in [0.05, 0.1) is 21.8 Å². The van der Waals surface area contributed by atoms with Crippen molar-refractivity contribution in [3.05, 3.63) is 70.7 Å². The van der Waals surface area contributed by atoms with Crippen molar-refractivity contribution in [3.8, 4) is 16.3 Å². The van der Waals surface area contributed by atoms with Gasteiger partial charge in [0.15, 0.2) is 11.6 Å². The van der Waals surface area contributed by atoms with Crippen LogP contribution in [-0.2, 0) is 0 Å². The van der Waals surface area contributed by atoms with Crippen molar-refractivity contribution in [1.82, 2.24) is 9.88 Å². The molecule has 1 aromatic carbocycles. The van der Waals surface area contributed by atoms with Crippen molar-refractivity contribution in [2.75, 3.05) is 13.1 Å². The maximum atomic E-state index is 13.8. The molecule has 1 aliphatic heterocycles. The normalized spacial score (nSPS) is 14.8. The number of hydrogen-bond acceptors (Lipinski definition) is 4. The molecule has 1 amide bonds. The second-order valence-corrected chi connectivity index (χ2v) is 7.94. The van der Waals surface area contributed by atoms with E-state index in [1.807, 2.05) is 36.6 Å². The first kappa shape index (κ1) is 19.5. The first-order valence-electron chi connectivity index (χ1n) is 9.44. The van der Waals surface area contributed by atoms with E-state index in [0.29, 0.717) is 37.2 Å². The first-order chi connectivity index (χ1) is 14.0. The molecule has 0 radical (unpaired) electrons. The molecule has 2 aromatic heterocycles. The van der Waals surface area contributed by atoms with Crippen LogP contribution in [0.2, 0.25) is 0 Å². The average Bonchev–Trinajstić information content (AvgIpc) is 3.25. The van der Waals surface area contributed by atoms with E-state index in [-0.39, 0.29) is 17.8 Å². The van der Waals surface area contributed by atoms with Gasteiger partial charge in [0.1, 0.15) is 11.9 Å². The number of thiophene rings is 1. The smallest absolute Gasteiger partial charge is 0.255 e. The second kappa shape index (κ2) is 8.29. The van der Waals surface area contributed by atoms with Crippen LogP contribution in [0.5, 0.6) is 5.75 Å². The minimum Gasteiger partial charge on any atom is -0.487 e. The Morgan fingerprint density at radius 2 is 1.97 bits per heavy atom. The van der Waals surface area contributed by atoms with E-state index in [9.17, 15) is 13.6 Å². The number of ether oxygens (including phenoxy) is 1. The summed E-state index contributed by atoms with van der Waals surface area (Å²) < 4.78 is 32.5. The van der Waals surface area contributed by atoms with Gasteiger partial charge < -0.3 is 9.64 Å². The molecule has 1 fully saturated rings. The maximum absolute atomic E-state index is 13.8. The van der Waals surface area contributed by atoms with Gasteiger partial charge in [-0.3, -0.25) is 9.78 Å². The summed E-state index contributed by atoms with van der Waals surface area (Å²) in [5.41, 5.74) is 2.16. The minimum atomic E-state index is -0.712.